The normalized spacial score (nSPS) is 11.4. The van der Waals surface area contributed by atoms with Crippen molar-refractivity contribution >= 4 is 35.8 Å². The molecule has 0 fully saturated rings. The van der Waals surface area contributed by atoms with Crippen LogP contribution in [-0.2, 0) is 4.79 Å². The number of guanidine groups is 1. The number of nitrogens with zero attached hydrogens (tertiary/aromatic N) is 1. The molecule has 0 heterocycles. The standard InChI is InChI=1S/C11H22N4O.HI/c1-5-7-14-10(13-6-2)15-8-11(3,4)9(12)16;/h5H,1,6-8H2,2-4H3,(H2,12,16)(H2,13,14,15);1H. The van der Waals surface area contributed by atoms with Crippen LogP contribution >= 0.6 is 24.0 Å². The molecule has 6 heteroatoms. The summed E-state index contributed by atoms with van der Waals surface area (Å²) in [5, 5.41) is 6.12. The highest BCUT2D eigenvalue weighted by Gasteiger charge is 2.24. The average Bonchev–Trinajstić information content (AvgIpc) is 2.22. The van der Waals surface area contributed by atoms with E-state index in [1.165, 1.54) is 0 Å². The predicted molar refractivity (Wildman–Crippen MR) is 82.6 cm³/mol. The van der Waals surface area contributed by atoms with Crippen molar-refractivity contribution in [3.63, 3.8) is 0 Å². The molecule has 0 aromatic heterocycles. The summed E-state index contributed by atoms with van der Waals surface area (Å²) in [5.74, 6) is 0.313. The van der Waals surface area contributed by atoms with Gasteiger partial charge in [0.05, 0.1) is 12.0 Å². The Morgan fingerprint density at radius 3 is 2.47 bits per heavy atom. The molecular weight excluding hydrogens is 331 g/mol. The van der Waals surface area contributed by atoms with E-state index in [0.29, 0.717) is 19.0 Å². The van der Waals surface area contributed by atoms with Gasteiger partial charge in [-0.15, -0.1) is 30.6 Å². The van der Waals surface area contributed by atoms with E-state index in [0.717, 1.165) is 6.54 Å². The van der Waals surface area contributed by atoms with Crippen LogP contribution in [-0.4, -0.2) is 31.5 Å². The Balaban J connectivity index is 0. The van der Waals surface area contributed by atoms with Gasteiger partial charge < -0.3 is 16.4 Å². The first-order valence-electron chi connectivity index (χ1n) is 5.37. The first-order valence-corrected chi connectivity index (χ1v) is 5.37. The molecule has 0 saturated heterocycles. The van der Waals surface area contributed by atoms with Gasteiger partial charge in [0.15, 0.2) is 5.96 Å². The van der Waals surface area contributed by atoms with Crippen LogP contribution in [0.15, 0.2) is 17.6 Å². The maximum atomic E-state index is 11.1. The number of carbonyl (C=O) groups excluding carboxylic acids is 1. The fraction of sp³-hybridized carbons (Fsp3) is 0.636. The van der Waals surface area contributed by atoms with Crippen LogP contribution < -0.4 is 16.4 Å². The van der Waals surface area contributed by atoms with E-state index in [9.17, 15) is 4.79 Å². The van der Waals surface area contributed by atoms with Gasteiger partial charge >= 0.3 is 0 Å². The number of nitrogens with two attached hydrogens (primary N) is 1. The molecule has 0 aromatic carbocycles. The zero-order valence-electron chi connectivity index (χ0n) is 10.7. The lowest BCUT2D eigenvalue weighted by molar-refractivity contribution is -0.125. The van der Waals surface area contributed by atoms with Crippen LogP contribution in [0.2, 0.25) is 0 Å². The first-order chi connectivity index (χ1) is 7.44. The summed E-state index contributed by atoms with van der Waals surface area (Å²) in [6.07, 6.45) is 1.74. The molecular formula is C11H23IN4O. The Bertz CT molecular complexity index is 277. The molecule has 0 spiro atoms. The molecule has 0 aliphatic carbocycles. The van der Waals surface area contributed by atoms with E-state index < -0.39 is 5.41 Å². The fourth-order valence-electron chi connectivity index (χ4n) is 0.865. The zero-order chi connectivity index (χ0) is 12.6. The second-order valence-corrected chi connectivity index (χ2v) is 4.11. The van der Waals surface area contributed by atoms with Crippen molar-refractivity contribution in [2.24, 2.45) is 16.1 Å². The molecule has 0 unspecified atom stereocenters. The minimum Gasteiger partial charge on any atom is -0.369 e. The van der Waals surface area contributed by atoms with E-state index in [4.69, 9.17) is 5.73 Å². The summed E-state index contributed by atoms with van der Waals surface area (Å²) in [6, 6.07) is 0. The molecule has 0 rings (SSSR count). The summed E-state index contributed by atoms with van der Waals surface area (Å²) in [5.41, 5.74) is 4.64. The lowest BCUT2D eigenvalue weighted by atomic mass is 9.93. The molecule has 0 atom stereocenters. The maximum absolute atomic E-state index is 11.1. The van der Waals surface area contributed by atoms with E-state index in [1.54, 1.807) is 19.9 Å². The van der Waals surface area contributed by atoms with Crippen molar-refractivity contribution in [3.05, 3.63) is 12.7 Å². The van der Waals surface area contributed by atoms with Gasteiger partial charge in [0.1, 0.15) is 0 Å². The van der Waals surface area contributed by atoms with Gasteiger partial charge in [-0.2, -0.15) is 0 Å². The molecule has 17 heavy (non-hydrogen) atoms. The highest BCUT2D eigenvalue weighted by Crippen LogP contribution is 2.13. The van der Waals surface area contributed by atoms with E-state index in [-0.39, 0.29) is 29.9 Å². The highest BCUT2D eigenvalue weighted by molar-refractivity contribution is 14.0. The Labute approximate surface area is 120 Å². The lowest BCUT2D eigenvalue weighted by Crippen LogP contribution is -2.40. The summed E-state index contributed by atoms with van der Waals surface area (Å²) in [4.78, 5) is 15.4. The van der Waals surface area contributed by atoms with Crippen molar-refractivity contribution < 1.29 is 4.79 Å². The van der Waals surface area contributed by atoms with E-state index in [2.05, 4.69) is 22.2 Å². The van der Waals surface area contributed by atoms with Crippen LogP contribution in [0.4, 0.5) is 0 Å². The van der Waals surface area contributed by atoms with Crippen LogP contribution in [0, 0.1) is 5.41 Å². The number of nitrogens with one attached hydrogen (secondary N) is 2. The van der Waals surface area contributed by atoms with E-state index >= 15 is 0 Å². The number of aliphatic imine (C=N–C) groups is 1. The number of hydrogen-bond acceptors (Lipinski definition) is 2. The first kappa shape index (κ1) is 18.6. The summed E-state index contributed by atoms with van der Waals surface area (Å²) in [6.45, 7) is 10.9. The zero-order valence-corrected chi connectivity index (χ0v) is 13.1. The van der Waals surface area contributed by atoms with Crippen molar-refractivity contribution in [1.29, 1.82) is 0 Å². The third-order valence-corrected chi connectivity index (χ3v) is 2.06. The maximum Gasteiger partial charge on any atom is 0.224 e. The highest BCUT2D eigenvalue weighted by atomic mass is 127. The van der Waals surface area contributed by atoms with Crippen LogP contribution in [0.5, 0.6) is 0 Å². The fourth-order valence-corrected chi connectivity index (χ4v) is 0.865. The topological polar surface area (TPSA) is 79.5 Å². The van der Waals surface area contributed by atoms with Crippen molar-refractivity contribution in [2.75, 3.05) is 19.6 Å². The molecule has 0 aliphatic heterocycles. The van der Waals surface area contributed by atoms with Gasteiger partial charge in [-0.25, -0.2) is 0 Å². The average molecular weight is 354 g/mol. The predicted octanol–water partition coefficient (Wildman–Crippen LogP) is 0.857. The summed E-state index contributed by atoms with van der Waals surface area (Å²) in [7, 11) is 0. The molecule has 4 N–H and O–H groups in total. The molecule has 0 radical (unpaired) electrons. The van der Waals surface area contributed by atoms with Gasteiger partial charge in [0.25, 0.3) is 0 Å². The third-order valence-electron chi connectivity index (χ3n) is 2.06. The van der Waals surface area contributed by atoms with Gasteiger partial charge in [-0.1, -0.05) is 6.08 Å². The Morgan fingerprint density at radius 1 is 1.47 bits per heavy atom. The Kier molecular flexibility index (Phi) is 10.1. The molecule has 0 bridgehead atoms. The van der Waals surface area contributed by atoms with Crippen LogP contribution in [0.1, 0.15) is 20.8 Å². The Hall–Kier alpha value is -0.790. The van der Waals surface area contributed by atoms with Gasteiger partial charge in [-0.05, 0) is 20.8 Å². The van der Waals surface area contributed by atoms with Crippen molar-refractivity contribution in [2.45, 2.75) is 20.8 Å². The largest absolute Gasteiger partial charge is 0.369 e. The molecule has 0 saturated carbocycles. The molecule has 5 nitrogen and oxygen atoms in total. The van der Waals surface area contributed by atoms with Crippen molar-refractivity contribution in [1.82, 2.24) is 10.6 Å². The minimum absolute atomic E-state index is 0. The number of primary amides is 1. The SMILES string of the molecule is C=CCNC(=NCC(C)(C)C(N)=O)NCC.I. The number of halogens is 1. The van der Waals surface area contributed by atoms with Gasteiger partial charge in [0.2, 0.25) is 5.91 Å². The third kappa shape index (κ3) is 8.00. The number of amides is 1. The van der Waals surface area contributed by atoms with Gasteiger partial charge in [0, 0.05) is 13.1 Å². The van der Waals surface area contributed by atoms with E-state index in [1.807, 2.05) is 6.92 Å². The number of hydrogen-bond donors (Lipinski definition) is 3. The Morgan fingerprint density at radius 2 is 2.06 bits per heavy atom. The quantitative estimate of drug-likeness (QED) is 0.286. The molecule has 1 amide bonds. The molecule has 100 valence electrons. The number of rotatable bonds is 6. The monoisotopic (exact) mass is 354 g/mol. The second-order valence-electron chi connectivity index (χ2n) is 4.11. The summed E-state index contributed by atoms with van der Waals surface area (Å²) >= 11 is 0. The van der Waals surface area contributed by atoms with Crippen LogP contribution in [0.25, 0.3) is 0 Å². The van der Waals surface area contributed by atoms with Crippen molar-refractivity contribution in [3.8, 4) is 0 Å². The smallest absolute Gasteiger partial charge is 0.224 e. The summed E-state index contributed by atoms with van der Waals surface area (Å²) < 4.78 is 0. The minimum atomic E-state index is -0.628. The molecule has 0 aliphatic rings. The molecule has 0 aromatic rings. The second kappa shape index (κ2) is 9.26. The lowest BCUT2D eigenvalue weighted by Gasteiger charge is -2.18. The number of carbonyl (C=O) groups is 1. The van der Waals surface area contributed by atoms with Crippen LogP contribution in [0.3, 0.4) is 0 Å². The van der Waals surface area contributed by atoms with Gasteiger partial charge in [-0.3, -0.25) is 9.79 Å².